The highest BCUT2D eigenvalue weighted by molar-refractivity contribution is 5.66. The van der Waals surface area contributed by atoms with Crippen LogP contribution in [0.5, 0.6) is 0 Å². The second-order valence-electron chi connectivity index (χ2n) is 11.6. The Labute approximate surface area is 178 Å². The van der Waals surface area contributed by atoms with E-state index in [0.29, 0.717) is 30.6 Å². The summed E-state index contributed by atoms with van der Waals surface area (Å²) in [5.74, 6) is -2.72. The van der Waals surface area contributed by atoms with E-state index in [0.717, 1.165) is 25.7 Å². The summed E-state index contributed by atoms with van der Waals surface area (Å²) in [5.41, 5.74) is -0.499. The molecule has 0 aromatic carbocycles. The van der Waals surface area contributed by atoms with Crippen LogP contribution in [-0.4, -0.2) is 39.4 Å². The number of hydrogen-bond donors (Lipinski definition) is 3. The molecule has 3 N–H and O–H groups in total. The van der Waals surface area contributed by atoms with Gasteiger partial charge in [0, 0.05) is 12.8 Å². The van der Waals surface area contributed by atoms with Crippen LogP contribution in [0.25, 0.3) is 0 Å². The first-order valence-electron chi connectivity index (χ1n) is 11.9. The van der Waals surface area contributed by atoms with E-state index in [2.05, 4.69) is 13.8 Å². The van der Waals surface area contributed by atoms with Crippen molar-refractivity contribution in [2.24, 2.45) is 46.3 Å². The summed E-state index contributed by atoms with van der Waals surface area (Å²) in [6, 6.07) is 0. The SMILES string of the molecule is C[C@H](CCC(=O)O)[C@H]1CCC2C3C(O)C[C@@H]4C[C@@H](O)C(F)(F)CC4(C)C3CC[C@@]21C. The third kappa shape index (κ3) is 3.32. The van der Waals surface area contributed by atoms with Gasteiger partial charge in [-0.3, -0.25) is 4.79 Å². The van der Waals surface area contributed by atoms with Gasteiger partial charge in [-0.1, -0.05) is 20.8 Å². The molecule has 0 aromatic rings. The highest BCUT2D eigenvalue weighted by Crippen LogP contribution is 2.69. The summed E-state index contributed by atoms with van der Waals surface area (Å²) in [5, 5.41) is 30.2. The van der Waals surface area contributed by atoms with Gasteiger partial charge in [0.15, 0.2) is 0 Å². The fourth-order valence-electron chi connectivity index (χ4n) is 8.76. The number of aliphatic carboxylic acids is 1. The second-order valence-corrected chi connectivity index (χ2v) is 11.6. The lowest BCUT2D eigenvalue weighted by Crippen LogP contribution is -2.62. The summed E-state index contributed by atoms with van der Waals surface area (Å²) in [7, 11) is 0. The number of hydrogen-bond acceptors (Lipinski definition) is 3. The van der Waals surface area contributed by atoms with Crippen molar-refractivity contribution in [1.82, 2.24) is 0 Å². The van der Waals surface area contributed by atoms with Gasteiger partial charge in [-0.15, -0.1) is 0 Å². The van der Waals surface area contributed by atoms with Gasteiger partial charge >= 0.3 is 5.97 Å². The van der Waals surface area contributed by atoms with E-state index in [4.69, 9.17) is 5.11 Å². The van der Waals surface area contributed by atoms with E-state index in [1.807, 2.05) is 6.92 Å². The molecule has 0 aliphatic heterocycles. The molecule has 0 amide bonds. The van der Waals surface area contributed by atoms with Crippen LogP contribution in [0, 0.1) is 46.3 Å². The minimum absolute atomic E-state index is 0.0349. The Balaban J connectivity index is 1.59. The van der Waals surface area contributed by atoms with Crippen LogP contribution in [0.3, 0.4) is 0 Å². The van der Waals surface area contributed by atoms with Gasteiger partial charge in [0.25, 0.3) is 5.92 Å². The number of rotatable bonds is 4. The van der Waals surface area contributed by atoms with E-state index in [9.17, 15) is 23.8 Å². The molecule has 4 aliphatic carbocycles. The standard InChI is InChI=1S/C24H38F2O4/c1-13(4-7-20(29)30)15-5-6-16-21-17(8-9-22(15,16)2)23(3)12-24(25,26)19(28)11-14(23)10-18(21)27/h13-19,21,27-28H,4-12H2,1-3H3,(H,29,30)/t13-,14-,15-,16?,17?,18?,19-,21?,22-,23?/m1/s1. The maximum absolute atomic E-state index is 14.6. The van der Waals surface area contributed by atoms with Crippen LogP contribution in [0.15, 0.2) is 0 Å². The summed E-state index contributed by atoms with van der Waals surface area (Å²) in [6.45, 7) is 6.46. The first-order valence-corrected chi connectivity index (χ1v) is 11.9. The molecule has 0 spiro atoms. The molecule has 0 saturated heterocycles. The van der Waals surface area contributed by atoms with Crippen molar-refractivity contribution in [3.8, 4) is 0 Å². The Morgan fingerprint density at radius 1 is 1.07 bits per heavy atom. The summed E-state index contributed by atoms with van der Waals surface area (Å²) in [6.07, 6.45) is 2.92. The van der Waals surface area contributed by atoms with Crippen molar-refractivity contribution in [2.45, 2.75) is 96.7 Å². The Bertz CT molecular complexity index is 684. The van der Waals surface area contributed by atoms with Gasteiger partial charge in [0.1, 0.15) is 6.10 Å². The van der Waals surface area contributed by atoms with Gasteiger partial charge in [-0.05, 0) is 91.3 Å². The topological polar surface area (TPSA) is 77.8 Å². The molecule has 4 fully saturated rings. The molecule has 4 rings (SSSR count). The van der Waals surface area contributed by atoms with E-state index in [-0.39, 0.29) is 42.4 Å². The first-order chi connectivity index (χ1) is 13.9. The molecule has 5 unspecified atom stereocenters. The van der Waals surface area contributed by atoms with Gasteiger partial charge in [0.2, 0.25) is 0 Å². The zero-order chi connectivity index (χ0) is 22.1. The molecular weight excluding hydrogens is 390 g/mol. The zero-order valence-corrected chi connectivity index (χ0v) is 18.5. The average molecular weight is 429 g/mol. The van der Waals surface area contributed by atoms with Crippen molar-refractivity contribution in [3.05, 3.63) is 0 Å². The molecule has 10 atom stereocenters. The molecule has 4 nitrogen and oxygen atoms in total. The lowest BCUT2D eigenvalue weighted by atomic mass is 9.43. The number of alkyl halides is 2. The normalized spacial score (nSPS) is 50.8. The summed E-state index contributed by atoms with van der Waals surface area (Å²) < 4.78 is 29.1. The molecule has 0 bridgehead atoms. The number of aliphatic hydroxyl groups excluding tert-OH is 2. The lowest BCUT2D eigenvalue weighted by Gasteiger charge is -2.63. The molecule has 30 heavy (non-hydrogen) atoms. The molecule has 172 valence electrons. The Morgan fingerprint density at radius 3 is 2.40 bits per heavy atom. The van der Waals surface area contributed by atoms with Crippen LogP contribution in [0.4, 0.5) is 8.78 Å². The summed E-state index contributed by atoms with van der Waals surface area (Å²) >= 11 is 0. The number of halogens is 2. The van der Waals surface area contributed by atoms with E-state index in [1.165, 1.54) is 0 Å². The molecule has 0 heterocycles. The maximum Gasteiger partial charge on any atom is 0.303 e. The largest absolute Gasteiger partial charge is 0.481 e. The molecule has 0 radical (unpaired) electrons. The van der Waals surface area contributed by atoms with Crippen molar-refractivity contribution >= 4 is 5.97 Å². The van der Waals surface area contributed by atoms with Gasteiger partial charge in [-0.25, -0.2) is 8.78 Å². The average Bonchev–Trinajstić information content (AvgIpc) is 2.99. The van der Waals surface area contributed by atoms with Crippen molar-refractivity contribution in [2.75, 3.05) is 0 Å². The van der Waals surface area contributed by atoms with E-state index in [1.54, 1.807) is 0 Å². The zero-order valence-electron chi connectivity index (χ0n) is 18.5. The molecule has 0 aromatic heterocycles. The molecular formula is C24H38F2O4. The van der Waals surface area contributed by atoms with Gasteiger partial charge < -0.3 is 15.3 Å². The monoisotopic (exact) mass is 428 g/mol. The number of fused-ring (bicyclic) bond motifs is 5. The van der Waals surface area contributed by atoms with Crippen molar-refractivity contribution in [1.29, 1.82) is 0 Å². The van der Waals surface area contributed by atoms with Crippen LogP contribution in [0.1, 0.15) is 78.6 Å². The quantitative estimate of drug-likeness (QED) is 0.605. The van der Waals surface area contributed by atoms with Gasteiger partial charge in [-0.2, -0.15) is 0 Å². The predicted molar refractivity (Wildman–Crippen MR) is 109 cm³/mol. The Hall–Kier alpha value is -0.750. The van der Waals surface area contributed by atoms with Crippen molar-refractivity contribution < 1.29 is 28.9 Å². The molecule has 6 heteroatoms. The van der Waals surface area contributed by atoms with Crippen LogP contribution in [-0.2, 0) is 4.79 Å². The highest BCUT2D eigenvalue weighted by atomic mass is 19.3. The van der Waals surface area contributed by atoms with Crippen LogP contribution >= 0.6 is 0 Å². The highest BCUT2D eigenvalue weighted by Gasteiger charge is 2.66. The Morgan fingerprint density at radius 2 is 1.73 bits per heavy atom. The van der Waals surface area contributed by atoms with Crippen LogP contribution < -0.4 is 0 Å². The number of carboxylic acid groups (broad SMARTS) is 1. The number of carbonyl (C=O) groups is 1. The third-order valence-corrected chi connectivity index (χ3v) is 10.3. The van der Waals surface area contributed by atoms with Crippen molar-refractivity contribution in [3.63, 3.8) is 0 Å². The fourth-order valence-corrected chi connectivity index (χ4v) is 8.76. The lowest BCUT2D eigenvalue weighted by molar-refractivity contribution is -0.236. The third-order valence-electron chi connectivity index (χ3n) is 10.3. The predicted octanol–water partition coefficient (Wildman–Crippen LogP) is 4.72. The number of aliphatic hydroxyl groups is 2. The minimum Gasteiger partial charge on any atom is -0.481 e. The first kappa shape index (κ1) is 22.4. The summed E-state index contributed by atoms with van der Waals surface area (Å²) in [4.78, 5) is 11.0. The van der Waals surface area contributed by atoms with E-state index < -0.39 is 29.5 Å². The Kier molecular flexibility index (Phi) is 5.53. The number of carboxylic acids is 1. The second kappa shape index (κ2) is 7.40. The molecule has 4 saturated carbocycles. The van der Waals surface area contributed by atoms with E-state index >= 15 is 0 Å². The van der Waals surface area contributed by atoms with Crippen LogP contribution in [0.2, 0.25) is 0 Å². The minimum atomic E-state index is -3.05. The fraction of sp³-hybridized carbons (Fsp3) is 0.958. The van der Waals surface area contributed by atoms with Gasteiger partial charge in [0.05, 0.1) is 6.10 Å². The molecule has 4 aliphatic rings. The maximum atomic E-state index is 14.6. The smallest absolute Gasteiger partial charge is 0.303 e.